The van der Waals surface area contributed by atoms with E-state index in [0.717, 1.165) is 16.4 Å². The Bertz CT molecular complexity index is 1340. The van der Waals surface area contributed by atoms with Crippen LogP contribution in [0.4, 0.5) is 0 Å². The molecule has 1 saturated heterocycles. The quantitative estimate of drug-likeness (QED) is 0.118. The fourth-order valence-electron chi connectivity index (χ4n) is 3.48. The number of nitrogens with one attached hydrogen (secondary N) is 1. The molecule has 0 bridgehead atoms. The van der Waals surface area contributed by atoms with Crippen molar-refractivity contribution in [2.24, 2.45) is 12.2 Å². The zero-order chi connectivity index (χ0) is 28.3. The van der Waals surface area contributed by atoms with Gasteiger partial charge in [0, 0.05) is 18.6 Å². The van der Waals surface area contributed by atoms with Crippen LogP contribution in [0.25, 0.3) is 0 Å². The van der Waals surface area contributed by atoms with E-state index in [1.807, 2.05) is 0 Å². The van der Waals surface area contributed by atoms with E-state index >= 15 is 0 Å². The topological polar surface area (TPSA) is 204 Å². The van der Waals surface area contributed by atoms with Gasteiger partial charge in [0.15, 0.2) is 0 Å². The van der Waals surface area contributed by atoms with Crippen LogP contribution < -0.4 is 5.32 Å². The predicted octanol–water partition coefficient (Wildman–Crippen LogP) is -0.345. The first-order valence-corrected chi connectivity index (χ1v) is 14.1. The minimum absolute atomic E-state index is 0.0645. The molecule has 0 radical (unpaired) electrons. The summed E-state index contributed by atoms with van der Waals surface area (Å²) in [5, 5.41) is 27.1. The van der Waals surface area contributed by atoms with Gasteiger partial charge in [-0.1, -0.05) is 16.9 Å². The number of aromatic nitrogens is 6. The molecule has 39 heavy (non-hydrogen) atoms. The Hall–Kier alpha value is -3.58. The molecule has 4 heterocycles. The van der Waals surface area contributed by atoms with Crippen LogP contribution in [0.2, 0.25) is 0 Å². The Labute approximate surface area is 233 Å². The molecule has 2 aliphatic rings. The summed E-state index contributed by atoms with van der Waals surface area (Å²) in [5.41, 5.74) is 0.686. The molecule has 19 heteroatoms. The van der Waals surface area contributed by atoms with Crippen LogP contribution in [0.5, 0.6) is 0 Å². The molecular formula is C20H23N9O7S3. The first kappa shape index (κ1) is 28.4. The molecule has 0 aromatic carbocycles. The molecule has 0 aliphatic carbocycles. The molecular weight excluding hydrogens is 574 g/mol. The number of aliphatic carboxylic acids is 1. The lowest BCUT2D eigenvalue weighted by Gasteiger charge is -2.49. The van der Waals surface area contributed by atoms with Crippen molar-refractivity contribution < 1.29 is 33.9 Å². The summed E-state index contributed by atoms with van der Waals surface area (Å²) in [6.07, 6.45) is 0. The number of fused-ring (bicyclic) bond motifs is 1. The molecule has 2 atom stereocenters. The Morgan fingerprint density at radius 1 is 1.33 bits per heavy atom. The van der Waals surface area contributed by atoms with Crippen molar-refractivity contribution in [3.05, 3.63) is 22.6 Å². The number of esters is 1. The monoisotopic (exact) mass is 597 g/mol. The molecule has 16 nitrogen and oxygen atoms in total. The number of oxime groups is 1. The Morgan fingerprint density at radius 2 is 2.10 bits per heavy atom. The summed E-state index contributed by atoms with van der Waals surface area (Å²) in [7, 11) is 1.66. The minimum atomic E-state index is -1.26. The van der Waals surface area contributed by atoms with Gasteiger partial charge in [0.1, 0.15) is 28.2 Å². The highest BCUT2D eigenvalue weighted by atomic mass is 32.2. The van der Waals surface area contributed by atoms with Crippen molar-refractivity contribution in [2.45, 2.75) is 42.9 Å². The first-order chi connectivity index (χ1) is 18.5. The molecule has 2 aromatic heterocycles. The summed E-state index contributed by atoms with van der Waals surface area (Å²) in [6, 6.07) is -1.02. The standard InChI is InChI=1S/C20H23N9O7S3/c1-20(2,3)36-10(30)5-35-24-11(14-21-8-39-25-14)15(31)22-12-16(32)29-13(18(33)34)9(6-37-17(12)29)7-38-19-23-26-27-28(19)4/h8,12,17H,5-7H2,1-4H3,(H,22,31)(H,33,34)/b24-11+. The molecule has 2 aromatic rings. The second kappa shape index (κ2) is 11.7. The van der Waals surface area contributed by atoms with E-state index in [1.165, 1.54) is 33.7 Å². The number of nitrogens with zero attached hydrogens (tertiary/aromatic N) is 8. The van der Waals surface area contributed by atoms with Crippen LogP contribution in [0.1, 0.15) is 26.6 Å². The number of amides is 2. The SMILES string of the molecule is Cn1nnnc1SCC1=C(C(=O)O)N2C(=O)C(NC(=O)/C(=N/OCC(=O)OC(C)(C)C)c3ncsn3)C2SC1. The Morgan fingerprint density at radius 3 is 2.72 bits per heavy atom. The fourth-order valence-corrected chi connectivity index (χ4v) is 6.24. The average molecular weight is 598 g/mol. The van der Waals surface area contributed by atoms with Crippen LogP contribution in [0.3, 0.4) is 0 Å². The Balaban J connectivity index is 1.44. The minimum Gasteiger partial charge on any atom is -0.477 e. The van der Waals surface area contributed by atoms with Crippen molar-refractivity contribution >= 4 is 64.5 Å². The van der Waals surface area contributed by atoms with Gasteiger partial charge in [0.05, 0.1) is 0 Å². The molecule has 1 fully saturated rings. The Kier molecular flexibility index (Phi) is 8.50. The van der Waals surface area contributed by atoms with Crippen LogP contribution >= 0.6 is 35.1 Å². The number of thioether (sulfide) groups is 2. The third-order valence-electron chi connectivity index (χ3n) is 5.04. The molecule has 2 amide bonds. The van der Waals surface area contributed by atoms with Crippen LogP contribution in [0, 0.1) is 0 Å². The van der Waals surface area contributed by atoms with Gasteiger partial charge in [-0.15, -0.1) is 16.9 Å². The molecule has 0 saturated carbocycles. The van der Waals surface area contributed by atoms with Crippen LogP contribution in [0.15, 0.2) is 27.1 Å². The molecule has 0 spiro atoms. The van der Waals surface area contributed by atoms with Gasteiger partial charge >= 0.3 is 11.9 Å². The lowest BCUT2D eigenvalue weighted by atomic mass is 10.0. The van der Waals surface area contributed by atoms with E-state index in [1.54, 1.807) is 27.8 Å². The lowest BCUT2D eigenvalue weighted by Crippen LogP contribution is -2.71. The number of carbonyl (C=O) groups is 4. The summed E-state index contributed by atoms with van der Waals surface area (Å²) in [4.78, 5) is 60.2. The third kappa shape index (κ3) is 6.53. The molecule has 2 N–H and O–H groups in total. The summed E-state index contributed by atoms with van der Waals surface area (Å²) in [6.45, 7) is 4.51. The van der Waals surface area contributed by atoms with Crippen molar-refractivity contribution in [1.29, 1.82) is 0 Å². The van der Waals surface area contributed by atoms with Crippen molar-refractivity contribution in [1.82, 2.24) is 39.8 Å². The smallest absolute Gasteiger partial charge is 0.352 e. The van der Waals surface area contributed by atoms with Gasteiger partial charge in [-0.25, -0.2) is 19.3 Å². The number of carboxylic acids is 1. The van der Waals surface area contributed by atoms with E-state index in [0.29, 0.717) is 16.5 Å². The van der Waals surface area contributed by atoms with Crippen LogP contribution in [-0.4, -0.2) is 104 Å². The zero-order valence-corrected chi connectivity index (χ0v) is 23.5. The first-order valence-electron chi connectivity index (χ1n) is 11.2. The number of rotatable bonds is 10. The van der Waals surface area contributed by atoms with Crippen molar-refractivity contribution in [3.8, 4) is 0 Å². The number of tetrazole rings is 1. The van der Waals surface area contributed by atoms with Crippen molar-refractivity contribution in [2.75, 3.05) is 18.1 Å². The largest absolute Gasteiger partial charge is 0.477 e. The summed E-state index contributed by atoms with van der Waals surface area (Å²) in [5.74, 6) is -2.86. The van der Waals surface area contributed by atoms with Crippen LogP contribution in [-0.2, 0) is 35.8 Å². The van der Waals surface area contributed by atoms with E-state index in [9.17, 15) is 24.3 Å². The average Bonchev–Trinajstić information content (AvgIpc) is 3.53. The van der Waals surface area contributed by atoms with Gasteiger partial charge in [-0.05, 0) is 48.3 Å². The molecule has 208 valence electrons. The van der Waals surface area contributed by atoms with E-state index < -0.39 is 47.4 Å². The zero-order valence-electron chi connectivity index (χ0n) is 21.1. The number of carboxylic acid groups (broad SMARTS) is 1. The van der Waals surface area contributed by atoms with Gasteiger partial charge in [0.25, 0.3) is 11.8 Å². The maximum Gasteiger partial charge on any atom is 0.352 e. The van der Waals surface area contributed by atoms with Crippen molar-refractivity contribution in [3.63, 3.8) is 0 Å². The van der Waals surface area contributed by atoms with E-state index in [2.05, 4.69) is 35.4 Å². The molecule has 4 rings (SSSR count). The maximum absolute atomic E-state index is 13.1. The van der Waals surface area contributed by atoms with Gasteiger partial charge in [0.2, 0.25) is 23.3 Å². The summed E-state index contributed by atoms with van der Waals surface area (Å²) < 4.78 is 10.6. The number of aryl methyl sites for hydroxylation is 1. The van der Waals surface area contributed by atoms with Gasteiger partial charge < -0.3 is 20.0 Å². The number of hydrogen-bond acceptors (Lipinski definition) is 15. The van der Waals surface area contributed by atoms with E-state index in [-0.39, 0.29) is 23.0 Å². The highest BCUT2D eigenvalue weighted by Crippen LogP contribution is 2.41. The number of carbonyl (C=O) groups excluding carboxylic acids is 3. The number of ether oxygens (including phenoxy) is 1. The van der Waals surface area contributed by atoms with E-state index in [4.69, 9.17) is 9.57 Å². The predicted molar refractivity (Wildman–Crippen MR) is 137 cm³/mol. The molecule has 2 aliphatic heterocycles. The number of hydrogen-bond donors (Lipinski definition) is 2. The second-order valence-electron chi connectivity index (χ2n) is 9.05. The highest BCUT2D eigenvalue weighted by molar-refractivity contribution is 8.01. The molecule has 2 unspecified atom stereocenters. The van der Waals surface area contributed by atoms with Gasteiger partial charge in [-0.3, -0.25) is 14.5 Å². The fraction of sp³-hybridized carbons (Fsp3) is 0.500. The maximum atomic E-state index is 13.1. The highest BCUT2D eigenvalue weighted by Gasteiger charge is 2.54. The number of β-lactam (4-membered cyclic amide) rings is 1. The summed E-state index contributed by atoms with van der Waals surface area (Å²) >= 11 is 3.52. The lowest BCUT2D eigenvalue weighted by molar-refractivity contribution is -0.160. The normalized spacial score (nSPS) is 19.3. The van der Waals surface area contributed by atoms with Gasteiger partial charge in [-0.2, -0.15) is 4.37 Å². The third-order valence-corrected chi connectivity index (χ3v) is 7.95. The second-order valence-corrected chi connectivity index (χ2v) is 11.7.